The normalized spacial score (nSPS) is 16.7. The summed E-state index contributed by atoms with van der Waals surface area (Å²) in [6, 6.07) is 0.658. The van der Waals surface area contributed by atoms with E-state index in [-0.39, 0.29) is 5.60 Å². The van der Waals surface area contributed by atoms with Crippen LogP contribution in [0.25, 0.3) is 0 Å². The largest absolute Gasteiger partial charge is 0.424 e. The highest BCUT2D eigenvalue weighted by Gasteiger charge is 2.23. The lowest BCUT2D eigenvalue weighted by molar-refractivity contribution is 0.0179. The number of aromatic nitrogens is 2. The molecule has 0 unspecified atom stereocenters. The van der Waals surface area contributed by atoms with E-state index < -0.39 is 0 Å². The standard InChI is InChI=1S/C11H19N3O2/c1-11(2,15-3)6-9-13-14-10(16-9)7-12-8-4-5-8/h8,12H,4-7H2,1-3H3. The first-order valence-corrected chi connectivity index (χ1v) is 5.69. The zero-order valence-corrected chi connectivity index (χ0v) is 10.1. The van der Waals surface area contributed by atoms with E-state index in [1.54, 1.807) is 7.11 Å². The topological polar surface area (TPSA) is 60.2 Å². The molecular formula is C11H19N3O2. The van der Waals surface area contributed by atoms with Crippen molar-refractivity contribution in [2.45, 2.75) is 51.3 Å². The Kier molecular flexibility index (Phi) is 3.25. The van der Waals surface area contributed by atoms with E-state index in [0.717, 1.165) is 0 Å². The Balaban J connectivity index is 1.85. The van der Waals surface area contributed by atoms with E-state index in [2.05, 4.69) is 15.5 Å². The average molecular weight is 225 g/mol. The molecule has 0 aromatic carbocycles. The van der Waals surface area contributed by atoms with E-state index in [9.17, 15) is 0 Å². The van der Waals surface area contributed by atoms with Crippen LogP contribution in [0.2, 0.25) is 0 Å². The van der Waals surface area contributed by atoms with Gasteiger partial charge in [0, 0.05) is 13.2 Å². The van der Waals surface area contributed by atoms with Crippen molar-refractivity contribution in [3.8, 4) is 0 Å². The van der Waals surface area contributed by atoms with Crippen LogP contribution in [0.5, 0.6) is 0 Å². The molecule has 0 atom stereocenters. The van der Waals surface area contributed by atoms with Crippen LogP contribution in [0.15, 0.2) is 4.42 Å². The predicted octanol–water partition coefficient (Wildman–Crippen LogP) is 1.29. The lowest BCUT2D eigenvalue weighted by atomic mass is 10.1. The highest BCUT2D eigenvalue weighted by atomic mass is 16.5. The summed E-state index contributed by atoms with van der Waals surface area (Å²) in [5, 5.41) is 11.3. The minimum atomic E-state index is -0.256. The molecule has 1 aliphatic rings. The summed E-state index contributed by atoms with van der Waals surface area (Å²) in [5.41, 5.74) is -0.256. The molecule has 1 aromatic heterocycles. The van der Waals surface area contributed by atoms with Crippen LogP contribution in [0.4, 0.5) is 0 Å². The Morgan fingerprint density at radius 3 is 2.69 bits per heavy atom. The van der Waals surface area contributed by atoms with Crippen molar-refractivity contribution >= 4 is 0 Å². The number of hydrogen-bond acceptors (Lipinski definition) is 5. The van der Waals surface area contributed by atoms with Gasteiger partial charge < -0.3 is 14.5 Å². The second-order valence-electron chi connectivity index (χ2n) is 4.89. The van der Waals surface area contributed by atoms with Gasteiger partial charge in [-0.3, -0.25) is 0 Å². The zero-order chi connectivity index (χ0) is 11.6. The van der Waals surface area contributed by atoms with Crippen LogP contribution < -0.4 is 5.32 Å². The first-order valence-electron chi connectivity index (χ1n) is 5.69. The Morgan fingerprint density at radius 1 is 1.38 bits per heavy atom. The Morgan fingerprint density at radius 2 is 2.06 bits per heavy atom. The van der Waals surface area contributed by atoms with Crippen LogP contribution in [0.1, 0.15) is 38.5 Å². The van der Waals surface area contributed by atoms with Crippen LogP contribution in [0, 0.1) is 0 Å². The quantitative estimate of drug-likeness (QED) is 0.790. The fourth-order valence-electron chi connectivity index (χ4n) is 1.39. The smallest absolute Gasteiger partial charge is 0.230 e. The third-order valence-electron chi connectivity index (χ3n) is 2.76. The van der Waals surface area contributed by atoms with Gasteiger partial charge in [0.1, 0.15) is 0 Å². The summed E-state index contributed by atoms with van der Waals surface area (Å²) >= 11 is 0. The molecule has 16 heavy (non-hydrogen) atoms. The summed E-state index contributed by atoms with van der Waals surface area (Å²) in [6.45, 7) is 4.67. The maximum atomic E-state index is 5.53. The fraction of sp³-hybridized carbons (Fsp3) is 0.818. The van der Waals surface area contributed by atoms with E-state index in [0.29, 0.717) is 30.8 Å². The first-order chi connectivity index (χ1) is 7.59. The van der Waals surface area contributed by atoms with Crippen molar-refractivity contribution < 1.29 is 9.15 Å². The molecule has 0 bridgehead atoms. The number of rotatable bonds is 6. The molecule has 1 saturated carbocycles. The van der Waals surface area contributed by atoms with Gasteiger partial charge in [0.25, 0.3) is 0 Å². The van der Waals surface area contributed by atoms with Gasteiger partial charge in [-0.05, 0) is 26.7 Å². The maximum absolute atomic E-state index is 5.53. The van der Waals surface area contributed by atoms with Gasteiger partial charge >= 0.3 is 0 Å². The monoisotopic (exact) mass is 225 g/mol. The molecule has 1 aromatic rings. The molecule has 1 fully saturated rings. The molecule has 2 rings (SSSR count). The van der Waals surface area contributed by atoms with E-state index in [4.69, 9.17) is 9.15 Å². The summed E-state index contributed by atoms with van der Waals surface area (Å²) in [4.78, 5) is 0. The van der Waals surface area contributed by atoms with Crippen molar-refractivity contribution in [3.05, 3.63) is 11.8 Å². The van der Waals surface area contributed by atoms with Crippen LogP contribution in [-0.4, -0.2) is 29.0 Å². The van der Waals surface area contributed by atoms with Crippen molar-refractivity contribution in [1.82, 2.24) is 15.5 Å². The third kappa shape index (κ3) is 3.28. The molecule has 0 spiro atoms. The van der Waals surface area contributed by atoms with E-state index in [1.165, 1.54) is 12.8 Å². The van der Waals surface area contributed by atoms with Crippen molar-refractivity contribution in [2.24, 2.45) is 0 Å². The molecule has 1 heterocycles. The van der Waals surface area contributed by atoms with Crippen molar-refractivity contribution in [2.75, 3.05) is 7.11 Å². The van der Waals surface area contributed by atoms with Crippen molar-refractivity contribution in [1.29, 1.82) is 0 Å². The predicted molar refractivity (Wildman–Crippen MR) is 59.0 cm³/mol. The molecular weight excluding hydrogens is 206 g/mol. The lowest BCUT2D eigenvalue weighted by Crippen LogP contribution is -2.25. The van der Waals surface area contributed by atoms with Crippen molar-refractivity contribution in [3.63, 3.8) is 0 Å². The van der Waals surface area contributed by atoms with Crippen LogP contribution in [-0.2, 0) is 17.7 Å². The molecule has 1 aliphatic carbocycles. The second-order valence-corrected chi connectivity index (χ2v) is 4.89. The van der Waals surface area contributed by atoms with E-state index in [1.807, 2.05) is 13.8 Å². The van der Waals surface area contributed by atoms with Crippen LogP contribution in [0.3, 0.4) is 0 Å². The third-order valence-corrected chi connectivity index (χ3v) is 2.76. The number of nitrogens with one attached hydrogen (secondary N) is 1. The Labute approximate surface area is 95.6 Å². The van der Waals surface area contributed by atoms with Gasteiger partial charge in [-0.15, -0.1) is 10.2 Å². The van der Waals surface area contributed by atoms with Gasteiger partial charge in [0.05, 0.1) is 18.6 Å². The lowest BCUT2D eigenvalue weighted by Gasteiger charge is -2.20. The molecule has 0 radical (unpaired) electrons. The first kappa shape index (κ1) is 11.5. The molecule has 5 nitrogen and oxygen atoms in total. The SMILES string of the molecule is COC(C)(C)Cc1nnc(CNC2CC2)o1. The summed E-state index contributed by atoms with van der Waals surface area (Å²) in [5.74, 6) is 1.30. The van der Waals surface area contributed by atoms with Gasteiger partial charge in [0.15, 0.2) is 0 Å². The zero-order valence-electron chi connectivity index (χ0n) is 10.1. The fourth-order valence-corrected chi connectivity index (χ4v) is 1.39. The average Bonchev–Trinajstić information content (AvgIpc) is 2.97. The Bertz CT molecular complexity index is 345. The number of ether oxygens (including phenoxy) is 1. The molecule has 1 N–H and O–H groups in total. The maximum Gasteiger partial charge on any atom is 0.230 e. The molecule has 5 heteroatoms. The molecule has 90 valence electrons. The van der Waals surface area contributed by atoms with Crippen LogP contribution >= 0.6 is 0 Å². The molecule has 0 amide bonds. The molecule has 0 aliphatic heterocycles. The molecule has 0 saturated heterocycles. The van der Waals surface area contributed by atoms with Gasteiger partial charge in [-0.2, -0.15) is 0 Å². The minimum Gasteiger partial charge on any atom is -0.424 e. The highest BCUT2D eigenvalue weighted by Crippen LogP contribution is 2.19. The van der Waals surface area contributed by atoms with Gasteiger partial charge in [-0.1, -0.05) is 0 Å². The highest BCUT2D eigenvalue weighted by molar-refractivity contribution is 4.89. The Hall–Kier alpha value is -0.940. The number of hydrogen-bond donors (Lipinski definition) is 1. The van der Waals surface area contributed by atoms with E-state index >= 15 is 0 Å². The summed E-state index contributed by atoms with van der Waals surface area (Å²) in [6.07, 6.45) is 3.16. The number of methoxy groups -OCH3 is 1. The number of nitrogens with zero attached hydrogens (tertiary/aromatic N) is 2. The summed E-state index contributed by atoms with van der Waals surface area (Å²) in [7, 11) is 1.69. The van der Waals surface area contributed by atoms with Gasteiger partial charge in [0.2, 0.25) is 11.8 Å². The minimum absolute atomic E-state index is 0.256. The van der Waals surface area contributed by atoms with Gasteiger partial charge in [-0.25, -0.2) is 0 Å². The second kappa shape index (κ2) is 4.51. The summed E-state index contributed by atoms with van der Waals surface area (Å²) < 4.78 is 10.9.